The van der Waals surface area contributed by atoms with E-state index in [1.165, 1.54) is 29.0 Å². The minimum atomic E-state index is -5.06. The lowest BCUT2D eigenvalue weighted by molar-refractivity contribution is -0.0885. The van der Waals surface area contributed by atoms with Gasteiger partial charge in [-0.05, 0) is 41.5 Å². The number of imidazole rings is 1. The van der Waals surface area contributed by atoms with Crippen LogP contribution in [0.25, 0.3) is 28.3 Å². The number of carbonyl (C=O) groups is 1. The normalized spacial score (nSPS) is 11.6. The molecule has 5 rings (SSSR count). The quantitative estimate of drug-likeness (QED) is 0.291. The van der Waals surface area contributed by atoms with Crippen molar-refractivity contribution in [2.45, 2.75) is 32.5 Å². The van der Waals surface area contributed by atoms with Crippen molar-refractivity contribution in [2.24, 2.45) is 0 Å². The number of rotatable bonds is 8. The topological polar surface area (TPSA) is 111 Å². The van der Waals surface area contributed by atoms with Crippen molar-refractivity contribution in [3.63, 3.8) is 0 Å². The van der Waals surface area contributed by atoms with Gasteiger partial charge >= 0.3 is 11.9 Å². The highest BCUT2D eigenvalue weighted by Crippen LogP contribution is 2.28. The van der Waals surface area contributed by atoms with Gasteiger partial charge in [-0.3, -0.25) is 18.9 Å². The van der Waals surface area contributed by atoms with Crippen LogP contribution in [0.1, 0.15) is 35.0 Å². The summed E-state index contributed by atoms with van der Waals surface area (Å²) < 4.78 is 42.3. The maximum atomic E-state index is 13.5. The molecule has 0 aliphatic heterocycles. The van der Waals surface area contributed by atoms with E-state index in [9.17, 15) is 22.8 Å². The Morgan fingerprint density at radius 3 is 2.49 bits per heavy atom. The first-order valence-corrected chi connectivity index (χ1v) is 12.1. The van der Waals surface area contributed by atoms with E-state index < -0.39 is 23.2 Å². The van der Waals surface area contributed by atoms with E-state index in [0.717, 1.165) is 21.8 Å². The smallest absolute Gasteiger partial charge is 0.292 e. The summed E-state index contributed by atoms with van der Waals surface area (Å²) in [7, 11) is 0. The number of nitrogens with zero attached hydrogens (tertiary/aromatic N) is 6. The number of halogens is 3. The number of aromatic nitrogens is 7. The number of aryl methyl sites for hydroxylation is 1. The van der Waals surface area contributed by atoms with Gasteiger partial charge in [0.15, 0.2) is 0 Å². The Labute approximate surface area is 220 Å². The third kappa shape index (κ3) is 5.13. The van der Waals surface area contributed by atoms with E-state index in [1.54, 1.807) is 12.3 Å². The molecule has 2 aromatic carbocycles. The molecular weight excluding hydrogens is 511 g/mol. The summed E-state index contributed by atoms with van der Waals surface area (Å²) in [5, 5.41) is 14.1. The van der Waals surface area contributed by atoms with Crippen LogP contribution in [0.2, 0.25) is 0 Å². The van der Waals surface area contributed by atoms with Gasteiger partial charge in [-0.25, -0.2) is 4.79 Å². The number of aromatic amines is 1. The number of para-hydroxylation sites is 1. The highest BCUT2D eigenvalue weighted by molar-refractivity contribution is 6.03. The largest absolute Gasteiger partial charge is 0.454 e. The van der Waals surface area contributed by atoms with Gasteiger partial charge in [0.25, 0.3) is 5.78 Å². The first-order valence-electron chi connectivity index (χ1n) is 12.1. The Kier molecular flexibility index (Phi) is 6.92. The fourth-order valence-corrected chi connectivity index (χ4v) is 4.39. The highest BCUT2D eigenvalue weighted by Gasteiger charge is 2.40. The molecule has 39 heavy (non-hydrogen) atoms. The van der Waals surface area contributed by atoms with Gasteiger partial charge in [0.2, 0.25) is 5.82 Å². The number of hydrogen-bond acceptors (Lipinski definition) is 6. The van der Waals surface area contributed by atoms with Crippen LogP contribution in [-0.2, 0) is 13.0 Å². The molecule has 0 radical (unpaired) electrons. The second-order valence-electron chi connectivity index (χ2n) is 8.79. The Bertz CT molecular complexity index is 1670. The molecule has 3 aromatic heterocycles. The van der Waals surface area contributed by atoms with Crippen LogP contribution in [0.5, 0.6) is 0 Å². The van der Waals surface area contributed by atoms with Crippen LogP contribution in [0.15, 0.2) is 77.9 Å². The molecule has 0 saturated carbocycles. The Hall–Kier alpha value is -4.87. The van der Waals surface area contributed by atoms with Crippen LogP contribution in [0.4, 0.5) is 13.2 Å². The van der Waals surface area contributed by atoms with Gasteiger partial charge in [-0.1, -0.05) is 49.7 Å². The number of alkyl halides is 3. The average molecular weight is 534 g/mol. The molecule has 198 valence electrons. The number of benzene rings is 2. The molecule has 0 saturated heterocycles. The average Bonchev–Trinajstić information content (AvgIpc) is 3.58. The molecule has 3 heterocycles. The summed E-state index contributed by atoms with van der Waals surface area (Å²) in [6, 6.07) is 16.3. The van der Waals surface area contributed by atoms with Crippen LogP contribution in [0, 0.1) is 0 Å². The van der Waals surface area contributed by atoms with Crippen molar-refractivity contribution >= 4 is 5.78 Å². The van der Waals surface area contributed by atoms with Gasteiger partial charge in [0.05, 0.1) is 23.5 Å². The van der Waals surface area contributed by atoms with E-state index in [-0.39, 0.29) is 12.2 Å². The van der Waals surface area contributed by atoms with Crippen LogP contribution < -0.4 is 5.69 Å². The number of nitrogens with one attached hydrogen (secondary N) is 1. The lowest BCUT2D eigenvalue weighted by Crippen LogP contribution is -2.28. The Balaban J connectivity index is 1.50. The summed E-state index contributed by atoms with van der Waals surface area (Å²) in [6.07, 6.45) is -0.656. The first kappa shape index (κ1) is 25.8. The number of Topliss-reactive ketones (excluding diaryl/α,β-unsaturated/α-hetero) is 1. The second kappa shape index (κ2) is 10.5. The van der Waals surface area contributed by atoms with Crippen LogP contribution in [-0.4, -0.2) is 46.7 Å². The number of tetrazole rings is 1. The van der Waals surface area contributed by atoms with E-state index in [1.807, 2.05) is 37.3 Å². The van der Waals surface area contributed by atoms with Crippen molar-refractivity contribution in [1.82, 2.24) is 34.7 Å². The number of pyridine rings is 1. The van der Waals surface area contributed by atoms with Crippen LogP contribution >= 0.6 is 0 Å². The lowest BCUT2D eigenvalue weighted by atomic mass is 10.0. The SMILES string of the molecule is CCCc1cn(-c2ccccc2C(=O)C(F)(F)F)c(=O)n1Cc1ccc(-c2ncccc2-c2nn[nH]n2)cc1. The third-order valence-corrected chi connectivity index (χ3v) is 6.20. The molecule has 0 unspecified atom stereocenters. The van der Waals surface area contributed by atoms with E-state index in [2.05, 4.69) is 25.6 Å². The third-order valence-electron chi connectivity index (χ3n) is 6.20. The van der Waals surface area contributed by atoms with Gasteiger partial charge in [-0.2, -0.15) is 18.4 Å². The number of hydrogen-bond donors (Lipinski definition) is 1. The molecule has 5 aromatic rings. The zero-order chi connectivity index (χ0) is 27.6. The number of ketones is 1. The fraction of sp³-hybridized carbons (Fsp3) is 0.185. The molecule has 0 aliphatic carbocycles. The summed E-state index contributed by atoms with van der Waals surface area (Å²) in [5.74, 6) is -1.59. The van der Waals surface area contributed by atoms with Crippen molar-refractivity contribution in [2.75, 3.05) is 0 Å². The number of carbonyl (C=O) groups excluding carboxylic acids is 1. The number of H-pyrrole nitrogens is 1. The predicted octanol–water partition coefficient (Wildman–Crippen LogP) is 4.63. The molecule has 0 fully saturated rings. The molecular formula is C27H22F3N7O2. The van der Waals surface area contributed by atoms with Crippen molar-refractivity contribution in [3.8, 4) is 28.3 Å². The standard InChI is InChI=1S/C27H22F3N7O2/c1-2-6-19-16-37(22-9-4-3-7-20(22)24(38)27(28,29)30)26(39)36(19)15-17-10-12-18(13-11-17)23-21(8-5-14-31-23)25-32-34-35-33-25/h3-5,7-14,16H,2,6,15H2,1H3,(H,32,33,34,35). The first-order chi connectivity index (χ1) is 18.8. The minimum Gasteiger partial charge on any atom is -0.292 e. The van der Waals surface area contributed by atoms with Gasteiger partial charge in [0.1, 0.15) is 0 Å². The second-order valence-corrected chi connectivity index (χ2v) is 8.79. The zero-order valence-electron chi connectivity index (χ0n) is 20.7. The van der Waals surface area contributed by atoms with Crippen molar-refractivity contribution < 1.29 is 18.0 Å². The van der Waals surface area contributed by atoms with Crippen molar-refractivity contribution in [3.05, 3.63) is 100 Å². The maximum absolute atomic E-state index is 13.5. The molecule has 12 heteroatoms. The van der Waals surface area contributed by atoms with E-state index in [0.29, 0.717) is 35.6 Å². The molecule has 0 spiro atoms. The summed E-state index contributed by atoms with van der Waals surface area (Å²) in [4.78, 5) is 30.0. The summed E-state index contributed by atoms with van der Waals surface area (Å²) in [5.41, 5.74) is 2.38. The van der Waals surface area contributed by atoms with Crippen LogP contribution in [0.3, 0.4) is 0 Å². The molecule has 1 N–H and O–H groups in total. The fourth-order valence-electron chi connectivity index (χ4n) is 4.39. The predicted molar refractivity (Wildman–Crippen MR) is 136 cm³/mol. The van der Waals surface area contributed by atoms with Gasteiger partial charge < -0.3 is 0 Å². The van der Waals surface area contributed by atoms with Gasteiger partial charge in [0, 0.05) is 29.2 Å². The summed E-state index contributed by atoms with van der Waals surface area (Å²) >= 11 is 0. The highest BCUT2D eigenvalue weighted by atomic mass is 19.4. The molecule has 0 atom stereocenters. The van der Waals surface area contributed by atoms with Crippen molar-refractivity contribution in [1.29, 1.82) is 0 Å². The molecule has 9 nitrogen and oxygen atoms in total. The minimum absolute atomic E-state index is 0.111. The monoisotopic (exact) mass is 533 g/mol. The Morgan fingerprint density at radius 1 is 1.03 bits per heavy atom. The Morgan fingerprint density at radius 2 is 1.79 bits per heavy atom. The molecule has 0 amide bonds. The maximum Gasteiger partial charge on any atom is 0.454 e. The van der Waals surface area contributed by atoms with E-state index >= 15 is 0 Å². The zero-order valence-corrected chi connectivity index (χ0v) is 20.7. The lowest BCUT2D eigenvalue weighted by Gasteiger charge is -2.11. The van der Waals surface area contributed by atoms with E-state index in [4.69, 9.17) is 0 Å². The molecule has 0 bridgehead atoms. The molecule has 0 aliphatic rings. The summed E-state index contributed by atoms with van der Waals surface area (Å²) in [6.45, 7) is 2.13. The van der Waals surface area contributed by atoms with Gasteiger partial charge in [-0.15, -0.1) is 10.2 Å².